The van der Waals surface area contributed by atoms with E-state index in [1.54, 1.807) is 25.6 Å². The zero-order valence-corrected chi connectivity index (χ0v) is 31.0. The van der Waals surface area contributed by atoms with Gasteiger partial charge in [0, 0.05) is 18.5 Å². The number of esters is 1. The second-order valence-corrected chi connectivity index (χ2v) is 13.8. The largest absolute Gasteiger partial charge is 0.497 e. The summed E-state index contributed by atoms with van der Waals surface area (Å²) in [5, 5.41) is 2.83. The van der Waals surface area contributed by atoms with E-state index in [2.05, 4.69) is 70.5 Å². The molecule has 1 N–H and O–H groups in total. The summed E-state index contributed by atoms with van der Waals surface area (Å²) >= 11 is 0. The number of ether oxygens (including phenoxy) is 3. The fraction of sp³-hybridized carbons (Fsp3) is 0.163. The summed E-state index contributed by atoms with van der Waals surface area (Å²) < 4.78 is 19.0. The van der Waals surface area contributed by atoms with Crippen LogP contribution >= 0.6 is 0 Å². The third kappa shape index (κ3) is 7.80. The molecule has 8 heteroatoms. The number of hydrogen-bond donors (Lipinski definition) is 1. The first kappa shape index (κ1) is 38.3. The van der Waals surface area contributed by atoms with Gasteiger partial charge in [0.05, 0.1) is 19.1 Å². The molecule has 286 valence electrons. The zero-order chi connectivity index (χ0) is 38.3. The van der Waals surface area contributed by atoms with E-state index in [1.165, 1.54) is 0 Å². The van der Waals surface area contributed by atoms with Crippen molar-refractivity contribution in [2.24, 2.45) is 0 Å². The van der Waals surface area contributed by atoms with Gasteiger partial charge >= 0.3 is 12.1 Å². The fourth-order valence-corrected chi connectivity index (χ4v) is 7.80. The predicted octanol–water partition coefficient (Wildman–Crippen LogP) is 9.56. The standard InChI is InChI=1S/C48H41N3O5.CH4/c1-54-39-27-25-34(26-28-39)31-55-46(52)45(50-47(53)56-32-44-42-23-13-11-21-40(42)41-22-12-14-24-43(41)44)29-38-30-51(33-49-38)48(35-15-5-2-6-16-35,36-17-7-3-8-18-36)37-19-9-4-10-20-37;/h2-28,30,33,44-45H,29,31-32H2,1H3,(H,50,53);1H4/t45-;/m1./s1. The molecule has 0 fully saturated rings. The molecule has 57 heavy (non-hydrogen) atoms. The van der Waals surface area contributed by atoms with Crippen LogP contribution in [0.25, 0.3) is 11.1 Å². The van der Waals surface area contributed by atoms with Crippen molar-refractivity contribution in [3.05, 3.63) is 215 Å². The fourth-order valence-electron chi connectivity index (χ4n) is 7.80. The monoisotopic (exact) mass is 755 g/mol. The van der Waals surface area contributed by atoms with E-state index in [9.17, 15) is 9.59 Å². The third-order valence-corrected chi connectivity index (χ3v) is 10.5. The van der Waals surface area contributed by atoms with Crippen molar-refractivity contribution in [1.82, 2.24) is 14.9 Å². The Bertz CT molecular complexity index is 2270. The number of methoxy groups -OCH3 is 1. The van der Waals surface area contributed by atoms with Gasteiger partial charge in [-0.1, -0.05) is 159 Å². The number of carbonyl (C=O) groups excluding carboxylic acids is 2. The number of fused-ring (bicyclic) bond motifs is 3. The van der Waals surface area contributed by atoms with Crippen molar-refractivity contribution in [3.63, 3.8) is 0 Å². The quantitative estimate of drug-likeness (QED) is 0.0932. The lowest BCUT2D eigenvalue weighted by molar-refractivity contribution is -0.147. The number of rotatable bonds is 13. The summed E-state index contributed by atoms with van der Waals surface area (Å²) in [7, 11) is 1.60. The molecule has 0 aliphatic heterocycles. The highest BCUT2D eigenvalue weighted by atomic mass is 16.6. The third-order valence-electron chi connectivity index (χ3n) is 10.5. The van der Waals surface area contributed by atoms with Crippen molar-refractivity contribution in [2.45, 2.75) is 38.0 Å². The highest BCUT2D eigenvalue weighted by Crippen LogP contribution is 2.45. The number of benzene rings is 6. The summed E-state index contributed by atoms with van der Waals surface area (Å²) in [6.07, 6.45) is 3.07. The highest BCUT2D eigenvalue weighted by molar-refractivity contribution is 5.82. The van der Waals surface area contributed by atoms with Crippen LogP contribution in [0.4, 0.5) is 4.79 Å². The minimum Gasteiger partial charge on any atom is -0.497 e. The van der Waals surface area contributed by atoms with E-state index in [4.69, 9.17) is 19.2 Å². The zero-order valence-electron chi connectivity index (χ0n) is 31.0. The Hall–Kier alpha value is -6.93. The van der Waals surface area contributed by atoms with Crippen molar-refractivity contribution in [1.29, 1.82) is 0 Å². The Morgan fingerprint density at radius 3 is 1.72 bits per heavy atom. The minimum absolute atomic E-state index is 0. The number of aromatic nitrogens is 2. The summed E-state index contributed by atoms with van der Waals surface area (Å²) in [5.74, 6) is -0.0428. The van der Waals surface area contributed by atoms with Crippen LogP contribution in [0.15, 0.2) is 176 Å². The highest BCUT2D eigenvalue weighted by Gasteiger charge is 2.39. The first-order chi connectivity index (χ1) is 27.5. The van der Waals surface area contributed by atoms with Gasteiger partial charge in [0.25, 0.3) is 0 Å². The van der Waals surface area contributed by atoms with Crippen molar-refractivity contribution in [2.75, 3.05) is 13.7 Å². The molecular formula is C49H45N3O5. The van der Waals surface area contributed by atoms with Gasteiger partial charge in [-0.15, -0.1) is 0 Å². The molecule has 1 aliphatic carbocycles. The van der Waals surface area contributed by atoms with E-state index >= 15 is 0 Å². The maximum absolute atomic E-state index is 13.9. The van der Waals surface area contributed by atoms with Gasteiger partial charge < -0.3 is 24.1 Å². The van der Waals surface area contributed by atoms with Crippen LogP contribution in [0.3, 0.4) is 0 Å². The van der Waals surface area contributed by atoms with Crippen LogP contribution in [0.2, 0.25) is 0 Å². The molecule has 8 rings (SSSR count). The smallest absolute Gasteiger partial charge is 0.407 e. The molecule has 0 unspecified atom stereocenters. The lowest BCUT2D eigenvalue weighted by atomic mass is 9.77. The Balaban J connectivity index is 0.00000496. The molecule has 7 aromatic rings. The van der Waals surface area contributed by atoms with Crippen LogP contribution in [0.1, 0.15) is 52.4 Å². The van der Waals surface area contributed by atoms with Gasteiger partial charge in [-0.25, -0.2) is 14.6 Å². The molecule has 0 radical (unpaired) electrons. The molecular weight excluding hydrogens is 711 g/mol. The maximum atomic E-state index is 13.9. The second-order valence-electron chi connectivity index (χ2n) is 13.8. The topological polar surface area (TPSA) is 91.7 Å². The van der Waals surface area contributed by atoms with Gasteiger partial charge in [-0.2, -0.15) is 0 Å². The first-order valence-corrected chi connectivity index (χ1v) is 18.7. The molecule has 8 nitrogen and oxygen atoms in total. The van der Waals surface area contributed by atoms with Crippen molar-refractivity contribution >= 4 is 12.1 Å². The number of imidazole rings is 1. The van der Waals surface area contributed by atoms with Crippen LogP contribution in [-0.2, 0) is 32.8 Å². The van der Waals surface area contributed by atoms with E-state index < -0.39 is 23.6 Å². The molecule has 6 aromatic carbocycles. The molecule has 1 amide bonds. The molecule has 0 saturated heterocycles. The summed E-state index contributed by atoms with van der Waals surface area (Å²) in [5.41, 5.74) is 8.14. The number of amides is 1. The number of hydrogen-bond acceptors (Lipinski definition) is 6. The van der Waals surface area contributed by atoms with E-state index in [0.29, 0.717) is 11.4 Å². The Kier molecular flexibility index (Phi) is 11.6. The molecule has 1 aromatic heterocycles. The Morgan fingerprint density at radius 2 is 1.19 bits per heavy atom. The summed E-state index contributed by atoms with van der Waals surface area (Å²) in [4.78, 5) is 32.3. The summed E-state index contributed by atoms with van der Waals surface area (Å²) in [6.45, 7) is 0.120. The molecule has 1 heterocycles. The normalized spacial score (nSPS) is 12.4. The van der Waals surface area contributed by atoms with E-state index in [0.717, 1.165) is 44.5 Å². The SMILES string of the molecule is C.COc1ccc(COC(=O)[C@@H](Cc2cn(C(c3ccccc3)(c3ccccc3)c3ccccc3)cn2)NC(=O)OCC2c3ccccc3-c3ccccc32)cc1. The molecule has 1 aliphatic rings. The molecule has 1 atom stereocenters. The van der Waals surface area contributed by atoms with E-state index in [1.807, 2.05) is 97.2 Å². The number of nitrogens with zero attached hydrogens (tertiary/aromatic N) is 2. The Morgan fingerprint density at radius 1 is 0.684 bits per heavy atom. The van der Waals surface area contributed by atoms with Crippen LogP contribution in [-0.4, -0.2) is 41.4 Å². The minimum atomic E-state index is -1.09. The second kappa shape index (κ2) is 17.3. The van der Waals surface area contributed by atoms with Gasteiger partial charge in [0.1, 0.15) is 30.5 Å². The average molecular weight is 756 g/mol. The lowest BCUT2D eigenvalue weighted by Gasteiger charge is -2.37. The van der Waals surface area contributed by atoms with Gasteiger partial charge in [0.2, 0.25) is 0 Å². The maximum Gasteiger partial charge on any atom is 0.407 e. The molecule has 0 bridgehead atoms. The Labute approximate surface area is 333 Å². The van der Waals surface area contributed by atoms with Gasteiger partial charge in [0.15, 0.2) is 0 Å². The van der Waals surface area contributed by atoms with E-state index in [-0.39, 0.29) is 33.0 Å². The summed E-state index contributed by atoms with van der Waals surface area (Å²) in [6, 6.07) is 53.3. The number of alkyl carbamates (subject to hydrolysis) is 1. The molecule has 0 spiro atoms. The van der Waals surface area contributed by atoms with Crippen LogP contribution in [0, 0.1) is 0 Å². The lowest BCUT2D eigenvalue weighted by Crippen LogP contribution is -2.44. The molecule has 0 saturated carbocycles. The van der Waals surface area contributed by atoms with Crippen molar-refractivity contribution < 1.29 is 23.8 Å². The van der Waals surface area contributed by atoms with Gasteiger partial charge in [-0.3, -0.25) is 0 Å². The van der Waals surface area contributed by atoms with Crippen LogP contribution in [0.5, 0.6) is 5.75 Å². The number of nitrogens with one attached hydrogen (secondary N) is 1. The number of carbonyl (C=O) groups is 2. The average Bonchev–Trinajstić information content (AvgIpc) is 3.86. The van der Waals surface area contributed by atoms with Crippen LogP contribution < -0.4 is 10.1 Å². The van der Waals surface area contributed by atoms with Crippen molar-refractivity contribution in [3.8, 4) is 16.9 Å². The van der Waals surface area contributed by atoms with Gasteiger partial charge in [-0.05, 0) is 56.6 Å². The first-order valence-electron chi connectivity index (χ1n) is 18.7. The predicted molar refractivity (Wildman–Crippen MR) is 222 cm³/mol.